The number of sulfonamides is 1. The highest BCUT2D eigenvalue weighted by Gasteiger charge is 2.19. The van der Waals surface area contributed by atoms with Gasteiger partial charge in [-0.2, -0.15) is 0 Å². The number of hydrogen-bond acceptors (Lipinski definition) is 4. The Morgan fingerprint density at radius 1 is 1.30 bits per heavy atom. The van der Waals surface area contributed by atoms with Crippen molar-refractivity contribution in [3.05, 3.63) is 46.6 Å². The molecule has 3 rings (SSSR count). The zero-order valence-electron chi connectivity index (χ0n) is 10.4. The number of anilines is 2. The van der Waals surface area contributed by atoms with Crippen molar-refractivity contribution >= 4 is 37.5 Å². The fraction of sp³-hybridized carbons (Fsp3) is 0.154. The Hall–Kier alpha value is -1.60. The molecule has 1 aromatic carbocycles. The number of hydrogen-bond donors (Lipinski definition) is 2. The third-order valence-electron chi connectivity index (χ3n) is 3.09. The standard InChI is InChI=1S/C13H12BrN3O2S/c14-11-2-1-6-16-13(11)17-20(18,19)10-4-3-9-5-7-15-12(9)8-10/h1-4,6,8,15H,5,7H2,(H,16,17). The molecule has 0 radical (unpaired) electrons. The molecule has 0 fully saturated rings. The summed E-state index contributed by atoms with van der Waals surface area (Å²) in [5.41, 5.74) is 2.02. The first-order chi connectivity index (χ1) is 9.56. The average molecular weight is 354 g/mol. The van der Waals surface area contributed by atoms with Crippen LogP contribution in [0, 0.1) is 0 Å². The summed E-state index contributed by atoms with van der Waals surface area (Å²) in [7, 11) is -3.64. The van der Waals surface area contributed by atoms with Crippen LogP contribution in [0.1, 0.15) is 5.56 Å². The maximum absolute atomic E-state index is 12.4. The first-order valence-electron chi connectivity index (χ1n) is 6.06. The lowest BCUT2D eigenvalue weighted by Crippen LogP contribution is -2.14. The summed E-state index contributed by atoms with van der Waals surface area (Å²) in [6.07, 6.45) is 2.46. The van der Waals surface area contributed by atoms with E-state index in [1.54, 1.807) is 24.3 Å². The quantitative estimate of drug-likeness (QED) is 0.889. The van der Waals surface area contributed by atoms with E-state index in [0.717, 1.165) is 24.2 Å². The Labute approximate surface area is 125 Å². The molecule has 0 amide bonds. The molecule has 5 nitrogen and oxygen atoms in total. The zero-order valence-corrected chi connectivity index (χ0v) is 12.8. The molecule has 0 saturated carbocycles. The molecule has 0 aliphatic carbocycles. The number of benzene rings is 1. The van der Waals surface area contributed by atoms with Gasteiger partial charge in [0.15, 0.2) is 5.82 Å². The van der Waals surface area contributed by atoms with E-state index in [1.807, 2.05) is 6.07 Å². The Balaban J connectivity index is 1.94. The van der Waals surface area contributed by atoms with E-state index in [9.17, 15) is 8.42 Å². The van der Waals surface area contributed by atoms with Gasteiger partial charge < -0.3 is 5.32 Å². The summed E-state index contributed by atoms with van der Waals surface area (Å²) in [4.78, 5) is 4.23. The fourth-order valence-corrected chi connectivity index (χ4v) is 3.62. The number of nitrogens with one attached hydrogen (secondary N) is 2. The second-order valence-electron chi connectivity index (χ2n) is 4.44. The van der Waals surface area contributed by atoms with Crippen molar-refractivity contribution in [2.75, 3.05) is 16.6 Å². The van der Waals surface area contributed by atoms with Crippen molar-refractivity contribution in [3.8, 4) is 0 Å². The number of halogens is 1. The van der Waals surface area contributed by atoms with Gasteiger partial charge >= 0.3 is 0 Å². The molecule has 7 heteroatoms. The topological polar surface area (TPSA) is 71.1 Å². The number of nitrogens with zero attached hydrogens (tertiary/aromatic N) is 1. The lowest BCUT2D eigenvalue weighted by atomic mass is 10.2. The lowest BCUT2D eigenvalue weighted by Gasteiger charge is -2.10. The van der Waals surface area contributed by atoms with Crippen molar-refractivity contribution in [2.45, 2.75) is 11.3 Å². The fourth-order valence-electron chi connectivity index (χ4n) is 2.08. The van der Waals surface area contributed by atoms with E-state index in [1.165, 1.54) is 6.20 Å². The molecule has 104 valence electrons. The highest BCUT2D eigenvalue weighted by Crippen LogP contribution is 2.27. The van der Waals surface area contributed by atoms with Crippen LogP contribution in [-0.2, 0) is 16.4 Å². The summed E-state index contributed by atoms with van der Waals surface area (Å²) in [5.74, 6) is 0.279. The monoisotopic (exact) mass is 353 g/mol. The van der Waals surface area contributed by atoms with Gasteiger partial charge in [0.1, 0.15) is 0 Å². The van der Waals surface area contributed by atoms with Crippen molar-refractivity contribution in [3.63, 3.8) is 0 Å². The van der Waals surface area contributed by atoms with Crippen LogP contribution in [0.15, 0.2) is 45.9 Å². The van der Waals surface area contributed by atoms with E-state index in [0.29, 0.717) is 4.47 Å². The van der Waals surface area contributed by atoms with Crippen LogP contribution in [0.3, 0.4) is 0 Å². The van der Waals surface area contributed by atoms with Gasteiger partial charge in [0.05, 0.1) is 9.37 Å². The Bertz CT molecular complexity index is 762. The van der Waals surface area contributed by atoms with Crippen LogP contribution in [-0.4, -0.2) is 19.9 Å². The van der Waals surface area contributed by atoms with Crippen LogP contribution in [0.25, 0.3) is 0 Å². The van der Waals surface area contributed by atoms with E-state index in [2.05, 4.69) is 31.0 Å². The second-order valence-corrected chi connectivity index (χ2v) is 6.97. The van der Waals surface area contributed by atoms with Crippen molar-refractivity contribution < 1.29 is 8.42 Å². The third-order valence-corrected chi connectivity index (χ3v) is 5.07. The van der Waals surface area contributed by atoms with Crippen LogP contribution in [0.4, 0.5) is 11.5 Å². The van der Waals surface area contributed by atoms with Crippen LogP contribution < -0.4 is 10.0 Å². The van der Waals surface area contributed by atoms with Gasteiger partial charge in [0, 0.05) is 18.4 Å². The maximum atomic E-state index is 12.4. The minimum Gasteiger partial charge on any atom is -0.384 e. The van der Waals surface area contributed by atoms with Gasteiger partial charge in [-0.25, -0.2) is 13.4 Å². The van der Waals surface area contributed by atoms with E-state index >= 15 is 0 Å². The van der Waals surface area contributed by atoms with E-state index in [4.69, 9.17) is 0 Å². The minimum atomic E-state index is -3.64. The number of pyridine rings is 1. The average Bonchev–Trinajstić information content (AvgIpc) is 2.88. The van der Waals surface area contributed by atoms with Gasteiger partial charge in [-0.3, -0.25) is 4.72 Å². The zero-order chi connectivity index (χ0) is 14.2. The van der Waals surface area contributed by atoms with Gasteiger partial charge in [-0.05, 0) is 52.2 Å². The summed E-state index contributed by atoms with van der Waals surface area (Å²) in [6, 6.07) is 8.57. The predicted octanol–water partition coefficient (Wildman–Crippen LogP) is 2.61. The number of fused-ring (bicyclic) bond motifs is 1. The van der Waals surface area contributed by atoms with Crippen LogP contribution >= 0.6 is 15.9 Å². The van der Waals surface area contributed by atoms with Gasteiger partial charge in [-0.1, -0.05) is 6.07 Å². The normalized spacial score (nSPS) is 13.7. The van der Waals surface area contributed by atoms with Crippen molar-refractivity contribution in [1.29, 1.82) is 0 Å². The number of aromatic nitrogens is 1. The Morgan fingerprint density at radius 2 is 2.15 bits per heavy atom. The third kappa shape index (κ3) is 2.51. The lowest BCUT2D eigenvalue weighted by molar-refractivity contribution is 0.601. The molecule has 2 aromatic rings. The maximum Gasteiger partial charge on any atom is 0.263 e. The molecule has 2 heterocycles. The van der Waals surface area contributed by atoms with Crippen molar-refractivity contribution in [1.82, 2.24) is 4.98 Å². The molecule has 0 atom stereocenters. The van der Waals surface area contributed by atoms with Crippen molar-refractivity contribution in [2.24, 2.45) is 0 Å². The largest absolute Gasteiger partial charge is 0.384 e. The molecule has 0 bridgehead atoms. The molecule has 20 heavy (non-hydrogen) atoms. The SMILES string of the molecule is O=S(=O)(Nc1ncccc1Br)c1ccc2c(c1)NCC2. The van der Waals surface area contributed by atoms with Gasteiger partial charge in [0.2, 0.25) is 0 Å². The Kier molecular flexibility index (Phi) is 3.39. The Morgan fingerprint density at radius 3 is 2.95 bits per heavy atom. The summed E-state index contributed by atoms with van der Waals surface area (Å²) >= 11 is 3.27. The van der Waals surface area contributed by atoms with Crippen LogP contribution in [0.2, 0.25) is 0 Å². The molecular weight excluding hydrogens is 342 g/mol. The highest BCUT2D eigenvalue weighted by atomic mass is 79.9. The molecule has 1 aliphatic rings. The first-order valence-corrected chi connectivity index (χ1v) is 8.34. The molecule has 2 N–H and O–H groups in total. The molecular formula is C13H12BrN3O2S. The molecule has 0 spiro atoms. The van der Waals surface area contributed by atoms with E-state index < -0.39 is 10.0 Å². The molecule has 1 aliphatic heterocycles. The second kappa shape index (κ2) is 5.06. The van der Waals surface area contributed by atoms with Gasteiger partial charge in [0.25, 0.3) is 10.0 Å². The first kappa shape index (κ1) is 13.4. The smallest absolute Gasteiger partial charge is 0.263 e. The van der Waals surface area contributed by atoms with Gasteiger partial charge in [-0.15, -0.1) is 0 Å². The molecule has 0 saturated heterocycles. The summed E-state index contributed by atoms with van der Waals surface area (Å²) < 4.78 is 27.8. The predicted molar refractivity (Wildman–Crippen MR) is 81.4 cm³/mol. The minimum absolute atomic E-state index is 0.225. The molecule has 1 aromatic heterocycles. The molecule has 0 unspecified atom stereocenters. The van der Waals surface area contributed by atoms with E-state index in [-0.39, 0.29) is 10.7 Å². The summed E-state index contributed by atoms with van der Waals surface area (Å²) in [5, 5.41) is 3.17. The highest BCUT2D eigenvalue weighted by molar-refractivity contribution is 9.10. The summed E-state index contributed by atoms with van der Waals surface area (Å²) in [6.45, 7) is 0.845. The number of rotatable bonds is 3. The van der Waals surface area contributed by atoms with Crippen LogP contribution in [0.5, 0.6) is 0 Å².